The van der Waals surface area contributed by atoms with Crippen molar-refractivity contribution in [3.05, 3.63) is 83.4 Å². The van der Waals surface area contributed by atoms with Gasteiger partial charge in [0, 0.05) is 29.6 Å². The van der Waals surface area contributed by atoms with Crippen molar-refractivity contribution in [3.63, 3.8) is 0 Å². The number of nitrogens with two attached hydrogens (primary N) is 1. The van der Waals surface area contributed by atoms with Crippen LogP contribution < -0.4 is 25.4 Å². The number of pyridine rings is 2. The largest absolute Gasteiger partial charge is 0.497 e. The number of benzene rings is 1. The molecule has 1 aliphatic heterocycles. The molecule has 1 aliphatic rings. The van der Waals surface area contributed by atoms with Crippen LogP contribution in [0.3, 0.4) is 0 Å². The number of nitrogens with one attached hydrogen (secondary N) is 1. The molecule has 0 spiro atoms. The maximum Gasteiger partial charge on any atom is 0.408 e. The van der Waals surface area contributed by atoms with E-state index in [1.165, 1.54) is 25.1 Å². The maximum atomic E-state index is 13.0. The summed E-state index contributed by atoms with van der Waals surface area (Å²) in [7, 11) is 2.88. The van der Waals surface area contributed by atoms with Gasteiger partial charge in [-0.2, -0.15) is 0 Å². The Morgan fingerprint density at radius 1 is 1.11 bits per heavy atom. The lowest BCUT2D eigenvalue weighted by atomic mass is 10.0. The van der Waals surface area contributed by atoms with Gasteiger partial charge in [-0.3, -0.25) is 0 Å². The van der Waals surface area contributed by atoms with Crippen LogP contribution in [-0.4, -0.2) is 47.4 Å². The molecule has 3 N–H and O–H groups in total. The van der Waals surface area contributed by atoms with Crippen molar-refractivity contribution in [2.24, 2.45) is 0 Å². The van der Waals surface area contributed by atoms with E-state index in [0.29, 0.717) is 21.4 Å². The van der Waals surface area contributed by atoms with Gasteiger partial charge in [-0.05, 0) is 63.6 Å². The summed E-state index contributed by atoms with van der Waals surface area (Å²) in [4.78, 5) is 36.4. The van der Waals surface area contributed by atoms with Crippen LogP contribution in [-0.2, 0) is 16.1 Å². The van der Waals surface area contributed by atoms with Crippen molar-refractivity contribution < 1.29 is 28.5 Å². The molecule has 0 saturated carbocycles. The standard InChI is InChI=1S/C31H34ClN5O6S/c1-30(2,3)43-29(39)36-31(4)12-15-37(16-13-31)21-17-22(42-18-19-7-9-20(40-5)10-8-19)27(35-25(21)28(38)41-6)44-23-11-14-34-26(33)24(23)32/h7-17H,18H2,1-6H3,(H2,33,34)(H,36,39). The Balaban J connectivity index is 1.71. The van der Waals surface area contributed by atoms with E-state index in [2.05, 4.69) is 15.3 Å². The molecule has 11 nitrogen and oxygen atoms in total. The number of anilines is 2. The van der Waals surface area contributed by atoms with Gasteiger partial charge in [0.2, 0.25) is 0 Å². The Bertz CT molecular complexity index is 1580. The van der Waals surface area contributed by atoms with Gasteiger partial charge >= 0.3 is 12.1 Å². The van der Waals surface area contributed by atoms with Crippen LogP contribution in [0.5, 0.6) is 11.5 Å². The monoisotopic (exact) mass is 639 g/mol. The summed E-state index contributed by atoms with van der Waals surface area (Å²) in [6.45, 7) is 7.38. The van der Waals surface area contributed by atoms with E-state index < -0.39 is 23.2 Å². The molecule has 0 aliphatic carbocycles. The second-order valence-electron chi connectivity index (χ2n) is 10.8. The first-order chi connectivity index (χ1) is 20.8. The molecule has 0 unspecified atom stereocenters. The molecular formula is C31H34ClN5O6S. The summed E-state index contributed by atoms with van der Waals surface area (Å²) in [5, 5.41) is 3.45. The highest BCUT2D eigenvalue weighted by Gasteiger charge is 2.29. The lowest BCUT2D eigenvalue weighted by molar-refractivity contribution is 0.0498. The number of carbonyl (C=O) groups excluding carboxylic acids is 2. The summed E-state index contributed by atoms with van der Waals surface area (Å²) in [5.74, 6) is 0.597. The topological polar surface area (TPSA) is 138 Å². The zero-order valence-electron chi connectivity index (χ0n) is 25.2. The van der Waals surface area contributed by atoms with Gasteiger partial charge < -0.3 is 34.9 Å². The fourth-order valence-corrected chi connectivity index (χ4v) is 5.05. The summed E-state index contributed by atoms with van der Waals surface area (Å²) in [6.07, 6.45) is 7.91. The predicted octanol–water partition coefficient (Wildman–Crippen LogP) is 6.37. The van der Waals surface area contributed by atoms with Crippen LogP contribution in [0.4, 0.5) is 16.3 Å². The third-order valence-electron chi connectivity index (χ3n) is 6.17. The molecule has 3 aromatic rings. The Kier molecular flexibility index (Phi) is 9.95. The molecule has 0 atom stereocenters. The molecule has 3 heterocycles. The number of rotatable bonds is 9. The zero-order chi connectivity index (χ0) is 32.1. The first kappa shape index (κ1) is 32.5. The molecule has 0 saturated heterocycles. The van der Waals surface area contributed by atoms with Crippen molar-refractivity contribution >= 4 is 46.9 Å². The van der Waals surface area contributed by atoms with Crippen molar-refractivity contribution in [3.8, 4) is 11.5 Å². The second kappa shape index (κ2) is 13.5. The van der Waals surface area contributed by atoms with Gasteiger partial charge in [0.15, 0.2) is 11.4 Å². The number of hydrogen-bond acceptors (Lipinski definition) is 11. The number of carbonyl (C=O) groups is 2. The first-order valence-electron chi connectivity index (χ1n) is 13.5. The van der Waals surface area contributed by atoms with Gasteiger partial charge in [-0.15, -0.1) is 0 Å². The minimum atomic E-state index is -0.848. The van der Waals surface area contributed by atoms with E-state index in [-0.39, 0.29) is 23.1 Å². The van der Waals surface area contributed by atoms with Crippen molar-refractivity contribution in [2.45, 2.75) is 55.4 Å². The number of aromatic nitrogens is 2. The smallest absolute Gasteiger partial charge is 0.408 e. The SMILES string of the molecule is COC(=O)c1nc(Sc2ccnc(N)c2Cl)c(OCc2ccc(OC)cc2)cc1N1C=CC(C)(NC(=O)OC(C)(C)C)C=C1. The highest BCUT2D eigenvalue weighted by atomic mass is 35.5. The highest BCUT2D eigenvalue weighted by Crippen LogP contribution is 2.42. The summed E-state index contributed by atoms with van der Waals surface area (Å²) in [5.41, 5.74) is 5.73. The number of amides is 1. The summed E-state index contributed by atoms with van der Waals surface area (Å²) < 4.78 is 22.0. The van der Waals surface area contributed by atoms with Gasteiger partial charge in [0.25, 0.3) is 0 Å². The fraction of sp³-hybridized carbons (Fsp3) is 0.290. The number of alkyl carbamates (subject to hydrolysis) is 1. The lowest BCUT2D eigenvalue weighted by Gasteiger charge is -2.31. The average molecular weight is 640 g/mol. The van der Waals surface area contributed by atoms with E-state index in [0.717, 1.165) is 11.3 Å². The van der Waals surface area contributed by atoms with Crippen LogP contribution in [0.25, 0.3) is 0 Å². The normalized spacial score (nSPS) is 13.8. The Morgan fingerprint density at radius 3 is 2.41 bits per heavy atom. The van der Waals surface area contributed by atoms with Gasteiger partial charge in [0.1, 0.15) is 28.8 Å². The van der Waals surface area contributed by atoms with Gasteiger partial charge in [0.05, 0.1) is 30.5 Å². The molecule has 0 bridgehead atoms. The maximum absolute atomic E-state index is 13.0. The average Bonchev–Trinajstić information content (AvgIpc) is 2.97. The van der Waals surface area contributed by atoms with Crippen molar-refractivity contribution in [1.29, 1.82) is 0 Å². The van der Waals surface area contributed by atoms with Crippen LogP contribution in [0.15, 0.2) is 77.1 Å². The molecule has 2 aromatic heterocycles. The Morgan fingerprint density at radius 2 is 1.80 bits per heavy atom. The summed E-state index contributed by atoms with van der Waals surface area (Å²) in [6, 6.07) is 10.8. The number of nitrogen functional groups attached to an aromatic ring is 1. The van der Waals surface area contributed by atoms with Crippen LogP contribution >= 0.6 is 23.4 Å². The number of nitrogens with zero attached hydrogens (tertiary/aromatic N) is 3. The van der Waals surface area contributed by atoms with Crippen LogP contribution in [0, 0.1) is 0 Å². The molecule has 4 rings (SSSR count). The van der Waals surface area contributed by atoms with E-state index >= 15 is 0 Å². The quantitative estimate of drug-likeness (QED) is 0.253. The van der Waals surface area contributed by atoms with Gasteiger partial charge in [-0.25, -0.2) is 19.6 Å². The number of halogens is 1. The van der Waals surface area contributed by atoms with Crippen LogP contribution in [0.2, 0.25) is 5.02 Å². The Hall–Kier alpha value is -4.42. The first-order valence-corrected chi connectivity index (χ1v) is 14.7. The molecule has 1 aromatic carbocycles. The Labute approximate surface area is 265 Å². The van der Waals surface area contributed by atoms with E-state index in [9.17, 15) is 9.59 Å². The van der Waals surface area contributed by atoms with E-state index in [4.69, 9.17) is 36.3 Å². The molecule has 1 amide bonds. The lowest BCUT2D eigenvalue weighted by Crippen LogP contribution is -2.46. The number of esters is 1. The highest BCUT2D eigenvalue weighted by molar-refractivity contribution is 7.99. The predicted molar refractivity (Wildman–Crippen MR) is 169 cm³/mol. The van der Waals surface area contributed by atoms with E-state index in [1.807, 2.05) is 31.2 Å². The third-order valence-corrected chi connectivity index (χ3v) is 7.72. The number of hydrogen-bond donors (Lipinski definition) is 2. The summed E-state index contributed by atoms with van der Waals surface area (Å²) >= 11 is 7.60. The fourth-order valence-electron chi connectivity index (χ4n) is 3.94. The molecule has 0 fully saturated rings. The number of methoxy groups -OCH3 is 2. The van der Waals surface area contributed by atoms with E-state index in [1.54, 1.807) is 69.5 Å². The molecular weight excluding hydrogens is 606 g/mol. The molecule has 0 radical (unpaired) electrons. The third kappa shape index (κ3) is 8.14. The van der Waals surface area contributed by atoms with Crippen molar-refractivity contribution in [1.82, 2.24) is 15.3 Å². The van der Waals surface area contributed by atoms with Gasteiger partial charge in [-0.1, -0.05) is 35.5 Å². The van der Waals surface area contributed by atoms with Crippen molar-refractivity contribution in [2.75, 3.05) is 24.9 Å². The minimum Gasteiger partial charge on any atom is -0.497 e. The minimum absolute atomic E-state index is 0.0305. The molecule has 13 heteroatoms. The van der Waals surface area contributed by atoms with Crippen LogP contribution in [0.1, 0.15) is 43.7 Å². The second-order valence-corrected chi connectivity index (χ2v) is 12.3. The molecule has 232 valence electrons. The number of ether oxygens (including phenoxy) is 4. The molecule has 44 heavy (non-hydrogen) atoms. The zero-order valence-corrected chi connectivity index (χ0v) is 26.8.